The Morgan fingerprint density at radius 3 is 2.69 bits per heavy atom. The SMILES string of the molecule is CCCNC(N)=NCC(C)N1CCCCC1. The first kappa shape index (κ1) is 13.3. The fraction of sp³-hybridized carbons (Fsp3) is 0.917. The highest BCUT2D eigenvalue weighted by Crippen LogP contribution is 2.11. The zero-order valence-electron chi connectivity index (χ0n) is 10.7. The molecule has 0 aromatic carbocycles. The first-order valence-corrected chi connectivity index (χ1v) is 6.52. The van der Waals surface area contributed by atoms with Crippen molar-refractivity contribution in [3.63, 3.8) is 0 Å². The van der Waals surface area contributed by atoms with Crippen LogP contribution in [0.15, 0.2) is 4.99 Å². The molecule has 3 N–H and O–H groups in total. The third-order valence-corrected chi connectivity index (χ3v) is 3.10. The molecule has 0 aromatic rings. The van der Waals surface area contributed by atoms with E-state index >= 15 is 0 Å². The Hall–Kier alpha value is -0.770. The molecule has 0 spiro atoms. The highest BCUT2D eigenvalue weighted by atomic mass is 15.2. The van der Waals surface area contributed by atoms with Crippen LogP contribution in [0.25, 0.3) is 0 Å². The largest absolute Gasteiger partial charge is 0.370 e. The number of nitrogens with zero attached hydrogens (tertiary/aromatic N) is 2. The van der Waals surface area contributed by atoms with Crippen LogP contribution in [0, 0.1) is 0 Å². The summed E-state index contributed by atoms with van der Waals surface area (Å²) >= 11 is 0. The topological polar surface area (TPSA) is 53.6 Å². The Bertz CT molecular complexity index is 209. The van der Waals surface area contributed by atoms with Gasteiger partial charge in [0.15, 0.2) is 5.96 Å². The maximum atomic E-state index is 5.76. The van der Waals surface area contributed by atoms with Crippen LogP contribution in [0.3, 0.4) is 0 Å². The zero-order valence-corrected chi connectivity index (χ0v) is 10.7. The van der Waals surface area contributed by atoms with E-state index in [4.69, 9.17) is 5.73 Å². The summed E-state index contributed by atoms with van der Waals surface area (Å²) in [5.41, 5.74) is 5.76. The van der Waals surface area contributed by atoms with Crippen molar-refractivity contribution >= 4 is 5.96 Å². The van der Waals surface area contributed by atoms with Gasteiger partial charge in [0, 0.05) is 12.6 Å². The minimum atomic E-state index is 0.516. The molecular weight excluding hydrogens is 200 g/mol. The number of rotatable bonds is 5. The van der Waals surface area contributed by atoms with E-state index in [1.165, 1.54) is 32.4 Å². The van der Waals surface area contributed by atoms with E-state index in [-0.39, 0.29) is 0 Å². The van der Waals surface area contributed by atoms with Gasteiger partial charge in [0.25, 0.3) is 0 Å². The molecule has 1 rings (SSSR count). The van der Waals surface area contributed by atoms with Crippen LogP contribution in [0.1, 0.15) is 39.5 Å². The van der Waals surface area contributed by atoms with Crippen LogP contribution < -0.4 is 11.1 Å². The second-order valence-electron chi connectivity index (χ2n) is 4.60. The molecule has 1 atom stereocenters. The lowest BCUT2D eigenvalue weighted by Gasteiger charge is -2.31. The van der Waals surface area contributed by atoms with Crippen molar-refractivity contribution in [3.05, 3.63) is 0 Å². The summed E-state index contributed by atoms with van der Waals surface area (Å²) in [4.78, 5) is 6.89. The van der Waals surface area contributed by atoms with Crippen LogP contribution >= 0.6 is 0 Å². The first-order valence-electron chi connectivity index (χ1n) is 6.52. The minimum Gasteiger partial charge on any atom is -0.370 e. The molecule has 1 fully saturated rings. The van der Waals surface area contributed by atoms with Gasteiger partial charge in [-0.3, -0.25) is 9.89 Å². The third-order valence-electron chi connectivity index (χ3n) is 3.10. The number of hydrogen-bond acceptors (Lipinski definition) is 2. The van der Waals surface area contributed by atoms with Crippen LogP contribution in [-0.4, -0.2) is 43.1 Å². The summed E-state index contributed by atoms with van der Waals surface area (Å²) in [7, 11) is 0. The average molecular weight is 226 g/mol. The molecule has 0 aliphatic carbocycles. The van der Waals surface area contributed by atoms with Crippen molar-refractivity contribution in [2.75, 3.05) is 26.2 Å². The maximum Gasteiger partial charge on any atom is 0.188 e. The Kier molecular flexibility index (Phi) is 6.23. The second-order valence-corrected chi connectivity index (χ2v) is 4.60. The lowest BCUT2D eigenvalue weighted by molar-refractivity contribution is 0.178. The molecule has 1 aliphatic rings. The molecule has 16 heavy (non-hydrogen) atoms. The van der Waals surface area contributed by atoms with E-state index in [1.54, 1.807) is 0 Å². The number of nitrogens with two attached hydrogens (primary N) is 1. The molecule has 0 bridgehead atoms. The number of piperidine rings is 1. The number of hydrogen-bond donors (Lipinski definition) is 2. The highest BCUT2D eigenvalue weighted by Gasteiger charge is 2.15. The van der Waals surface area contributed by atoms with Crippen molar-refractivity contribution in [3.8, 4) is 0 Å². The van der Waals surface area contributed by atoms with Crippen LogP contribution in [0.5, 0.6) is 0 Å². The number of guanidine groups is 1. The van der Waals surface area contributed by atoms with E-state index in [9.17, 15) is 0 Å². The lowest BCUT2D eigenvalue weighted by atomic mass is 10.1. The predicted octanol–water partition coefficient (Wildman–Crippen LogP) is 1.18. The number of nitrogens with one attached hydrogen (secondary N) is 1. The first-order chi connectivity index (χ1) is 7.74. The standard InChI is InChI=1S/C12H26N4/c1-3-7-14-12(13)15-10-11(2)16-8-5-4-6-9-16/h11H,3-10H2,1-2H3,(H3,13,14,15). The van der Waals surface area contributed by atoms with Gasteiger partial charge in [-0.15, -0.1) is 0 Å². The van der Waals surface area contributed by atoms with E-state index in [1.807, 2.05) is 0 Å². The zero-order chi connectivity index (χ0) is 11.8. The van der Waals surface area contributed by atoms with Gasteiger partial charge < -0.3 is 11.1 Å². The van der Waals surface area contributed by atoms with Crippen molar-refractivity contribution in [1.82, 2.24) is 10.2 Å². The lowest BCUT2D eigenvalue weighted by Crippen LogP contribution is -2.40. The van der Waals surface area contributed by atoms with Gasteiger partial charge in [0.2, 0.25) is 0 Å². The molecule has 1 heterocycles. The monoisotopic (exact) mass is 226 g/mol. The molecule has 4 heteroatoms. The molecule has 0 radical (unpaired) electrons. The van der Waals surface area contributed by atoms with Crippen LogP contribution in [0.2, 0.25) is 0 Å². The molecule has 1 aliphatic heterocycles. The molecule has 0 aromatic heterocycles. The van der Waals surface area contributed by atoms with Gasteiger partial charge in [-0.2, -0.15) is 0 Å². The van der Waals surface area contributed by atoms with Gasteiger partial charge >= 0.3 is 0 Å². The summed E-state index contributed by atoms with van der Waals surface area (Å²) in [5.74, 6) is 0.589. The highest BCUT2D eigenvalue weighted by molar-refractivity contribution is 5.77. The summed E-state index contributed by atoms with van der Waals surface area (Å²) in [6, 6.07) is 0.516. The maximum absolute atomic E-state index is 5.76. The normalized spacial score (nSPS) is 20.8. The Balaban J connectivity index is 2.24. The van der Waals surface area contributed by atoms with Gasteiger partial charge in [-0.05, 0) is 39.3 Å². The van der Waals surface area contributed by atoms with Crippen molar-refractivity contribution in [1.29, 1.82) is 0 Å². The van der Waals surface area contributed by atoms with Gasteiger partial charge in [0.05, 0.1) is 6.54 Å². The molecule has 94 valence electrons. The summed E-state index contributed by atoms with van der Waals surface area (Å²) in [6.07, 6.45) is 5.12. The number of likely N-dealkylation sites (tertiary alicyclic amines) is 1. The molecular formula is C12H26N4. The smallest absolute Gasteiger partial charge is 0.188 e. The third kappa shape index (κ3) is 4.84. The van der Waals surface area contributed by atoms with E-state index in [2.05, 4.69) is 29.1 Å². The van der Waals surface area contributed by atoms with Crippen LogP contribution in [0.4, 0.5) is 0 Å². The number of aliphatic imine (C=N–C) groups is 1. The second kappa shape index (κ2) is 7.49. The molecule has 4 nitrogen and oxygen atoms in total. The van der Waals surface area contributed by atoms with E-state index in [0.717, 1.165) is 19.5 Å². The Morgan fingerprint density at radius 1 is 1.38 bits per heavy atom. The fourth-order valence-corrected chi connectivity index (χ4v) is 2.01. The van der Waals surface area contributed by atoms with Gasteiger partial charge in [-0.1, -0.05) is 13.3 Å². The van der Waals surface area contributed by atoms with E-state index < -0.39 is 0 Å². The minimum absolute atomic E-state index is 0.516. The Labute approximate surface area is 99.3 Å². The van der Waals surface area contributed by atoms with E-state index in [0.29, 0.717) is 12.0 Å². The van der Waals surface area contributed by atoms with Crippen LogP contribution in [-0.2, 0) is 0 Å². The molecule has 0 saturated carbocycles. The van der Waals surface area contributed by atoms with Crippen molar-refractivity contribution in [2.45, 2.75) is 45.6 Å². The fourth-order valence-electron chi connectivity index (χ4n) is 2.01. The summed E-state index contributed by atoms with van der Waals surface area (Å²) in [6.45, 7) is 8.52. The molecule has 0 amide bonds. The molecule has 1 unspecified atom stereocenters. The quantitative estimate of drug-likeness (QED) is 0.546. The average Bonchev–Trinajstić information content (AvgIpc) is 2.34. The van der Waals surface area contributed by atoms with Crippen molar-refractivity contribution < 1.29 is 0 Å². The van der Waals surface area contributed by atoms with Crippen molar-refractivity contribution in [2.24, 2.45) is 10.7 Å². The predicted molar refractivity (Wildman–Crippen MR) is 69.7 cm³/mol. The van der Waals surface area contributed by atoms with Gasteiger partial charge in [-0.25, -0.2) is 0 Å². The summed E-state index contributed by atoms with van der Waals surface area (Å²) < 4.78 is 0. The Morgan fingerprint density at radius 2 is 2.06 bits per heavy atom. The molecule has 1 saturated heterocycles. The van der Waals surface area contributed by atoms with Gasteiger partial charge in [0.1, 0.15) is 0 Å². The summed E-state index contributed by atoms with van der Waals surface area (Å²) in [5, 5.41) is 3.10.